The van der Waals surface area contributed by atoms with Crippen molar-refractivity contribution in [2.24, 2.45) is 0 Å². The number of aryl methyl sites for hydroxylation is 1. The van der Waals surface area contributed by atoms with Crippen molar-refractivity contribution < 1.29 is 9.53 Å². The van der Waals surface area contributed by atoms with E-state index in [9.17, 15) is 4.79 Å². The number of carbonyl (C=O) groups excluding carboxylic acids is 1. The zero-order valence-corrected chi connectivity index (χ0v) is 13.0. The maximum Gasteiger partial charge on any atom is 0.245 e. The molecule has 1 aromatic heterocycles. The van der Waals surface area contributed by atoms with E-state index in [1.54, 1.807) is 6.92 Å². The summed E-state index contributed by atoms with van der Waals surface area (Å²) in [6.07, 6.45) is 2.13. The van der Waals surface area contributed by atoms with E-state index in [1.165, 1.54) is 0 Å². The average molecular weight is 311 g/mol. The highest BCUT2D eigenvalue weighted by Gasteiger charge is 2.34. The van der Waals surface area contributed by atoms with E-state index in [0.29, 0.717) is 36.8 Å². The first-order valence-corrected chi connectivity index (χ1v) is 7.59. The van der Waals surface area contributed by atoms with Gasteiger partial charge in [0.05, 0.1) is 13.2 Å². The first kappa shape index (κ1) is 14.5. The monoisotopic (exact) mass is 310 g/mol. The number of halogens is 1. The van der Waals surface area contributed by atoms with E-state index in [2.05, 4.69) is 15.3 Å². The zero-order chi connectivity index (χ0) is 15.0. The molecule has 0 aromatic carbocycles. The van der Waals surface area contributed by atoms with Crippen LogP contribution in [0.25, 0.3) is 0 Å². The minimum Gasteiger partial charge on any atom is -0.377 e. The third-order valence-corrected chi connectivity index (χ3v) is 4.17. The minimum atomic E-state index is -0.358. The lowest BCUT2D eigenvalue weighted by Gasteiger charge is -2.36. The number of rotatable bonds is 3. The van der Waals surface area contributed by atoms with Gasteiger partial charge in [0.1, 0.15) is 22.8 Å². The number of nitrogens with one attached hydrogen (secondary N) is 1. The first-order chi connectivity index (χ1) is 10.1. The molecule has 114 valence electrons. The summed E-state index contributed by atoms with van der Waals surface area (Å²) < 4.78 is 5.48. The summed E-state index contributed by atoms with van der Waals surface area (Å²) in [5, 5.41) is 3.47. The fraction of sp³-hybridized carbons (Fsp3) is 0.643. The number of amides is 1. The van der Waals surface area contributed by atoms with E-state index in [4.69, 9.17) is 16.3 Å². The van der Waals surface area contributed by atoms with Crippen molar-refractivity contribution in [3.05, 3.63) is 16.5 Å². The molecule has 2 fully saturated rings. The molecular formula is C14H19ClN4O2. The van der Waals surface area contributed by atoms with E-state index in [-0.39, 0.29) is 11.9 Å². The van der Waals surface area contributed by atoms with Gasteiger partial charge < -0.3 is 15.0 Å². The van der Waals surface area contributed by atoms with Gasteiger partial charge in [-0.3, -0.25) is 4.79 Å². The molecule has 1 atom stereocenters. The summed E-state index contributed by atoms with van der Waals surface area (Å²) in [5.74, 6) is 1.34. The number of ether oxygens (including phenoxy) is 1. The maximum atomic E-state index is 12.4. The lowest BCUT2D eigenvalue weighted by molar-refractivity contribution is -0.124. The van der Waals surface area contributed by atoms with E-state index in [0.717, 1.165) is 24.2 Å². The summed E-state index contributed by atoms with van der Waals surface area (Å²) in [7, 11) is 0. The van der Waals surface area contributed by atoms with Gasteiger partial charge in [-0.25, -0.2) is 9.97 Å². The van der Waals surface area contributed by atoms with Gasteiger partial charge in [-0.1, -0.05) is 11.6 Å². The third-order valence-electron chi connectivity index (χ3n) is 3.80. The van der Waals surface area contributed by atoms with Crippen LogP contribution in [0.2, 0.25) is 5.15 Å². The van der Waals surface area contributed by atoms with Crippen molar-refractivity contribution in [3.63, 3.8) is 0 Å². The van der Waals surface area contributed by atoms with Crippen molar-refractivity contribution in [2.75, 3.05) is 24.7 Å². The zero-order valence-electron chi connectivity index (χ0n) is 12.2. The quantitative estimate of drug-likeness (QED) is 0.851. The molecule has 0 radical (unpaired) electrons. The highest BCUT2D eigenvalue weighted by atomic mass is 35.5. The van der Waals surface area contributed by atoms with E-state index < -0.39 is 0 Å². The molecule has 1 unspecified atom stereocenters. The second-order valence-corrected chi connectivity index (χ2v) is 5.94. The summed E-state index contributed by atoms with van der Waals surface area (Å²) in [6.45, 7) is 5.25. The molecule has 21 heavy (non-hydrogen) atoms. The van der Waals surface area contributed by atoms with Crippen LogP contribution < -0.4 is 10.2 Å². The number of nitrogens with zero attached hydrogens (tertiary/aromatic N) is 3. The van der Waals surface area contributed by atoms with Gasteiger partial charge in [-0.05, 0) is 26.7 Å². The highest BCUT2D eigenvalue weighted by molar-refractivity contribution is 6.30. The van der Waals surface area contributed by atoms with E-state index in [1.807, 2.05) is 11.8 Å². The van der Waals surface area contributed by atoms with Crippen molar-refractivity contribution in [2.45, 2.75) is 38.8 Å². The molecular weight excluding hydrogens is 292 g/mol. The van der Waals surface area contributed by atoms with Gasteiger partial charge in [0.2, 0.25) is 5.91 Å². The number of hydrogen-bond donors (Lipinski definition) is 1. The van der Waals surface area contributed by atoms with Gasteiger partial charge in [0, 0.05) is 18.2 Å². The van der Waals surface area contributed by atoms with Crippen LogP contribution in [0, 0.1) is 13.8 Å². The van der Waals surface area contributed by atoms with Gasteiger partial charge in [0.15, 0.2) is 0 Å². The fourth-order valence-corrected chi connectivity index (χ4v) is 2.67. The molecule has 2 aliphatic rings. The van der Waals surface area contributed by atoms with Gasteiger partial charge in [-0.2, -0.15) is 0 Å². The topological polar surface area (TPSA) is 67.4 Å². The van der Waals surface area contributed by atoms with Crippen LogP contribution in [0.3, 0.4) is 0 Å². The van der Waals surface area contributed by atoms with Gasteiger partial charge in [-0.15, -0.1) is 0 Å². The van der Waals surface area contributed by atoms with Gasteiger partial charge >= 0.3 is 0 Å². The Hall–Kier alpha value is -1.40. The van der Waals surface area contributed by atoms with Crippen molar-refractivity contribution in [3.8, 4) is 0 Å². The number of morpholine rings is 1. The Balaban J connectivity index is 1.88. The Bertz CT molecular complexity index is 562. The van der Waals surface area contributed by atoms with E-state index >= 15 is 0 Å². The molecule has 1 amide bonds. The smallest absolute Gasteiger partial charge is 0.245 e. The molecule has 1 aliphatic heterocycles. The Labute approximate surface area is 128 Å². The number of anilines is 1. The molecule has 6 nitrogen and oxygen atoms in total. The highest BCUT2D eigenvalue weighted by Crippen LogP contribution is 2.27. The van der Waals surface area contributed by atoms with Crippen LogP contribution in [-0.2, 0) is 9.53 Å². The summed E-state index contributed by atoms with van der Waals surface area (Å²) in [5.41, 5.74) is 0.799. The second-order valence-electron chi connectivity index (χ2n) is 5.58. The lowest BCUT2D eigenvalue weighted by Crippen LogP contribution is -2.55. The molecule has 7 heteroatoms. The van der Waals surface area contributed by atoms with Crippen molar-refractivity contribution in [1.82, 2.24) is 15.3 Å². The number of carbonyl (C=O) groups is 1. The standard InChI is InChI=1S/C14H19ClN4O2/c1-8-12(15)16-9(2)17-13(8)19-5-6-21-7-11(19)14(20)18-10-3-4-10/h10-11H,3-7H2,1-2H3,(H,18,20). The Morgan fingerprint density at radius 2 is 2.14 bits per heavy atom. The van der Waals surface area contributed by atoms with Crippen LogP contribution in [-0.4, -0.2) is 47.7 Å². The lowest BCUT2D eigenvalue weighted by atomic mass is 10.2. The molecule has 3 rings (SSSR count). The molecule has 1 aliphatic carbocycles. The molecule has 0 bridgehead atoms. The molecule has 1 aromatic rings. The molecule has 2 heterocycles. The second kappa shape index (κ2) is 5.77. The Kier molecular flexibility index (Phi) is 3.99. The molecule has 0 spiro atoms. The normalized spacial score (nSPS) is 22.2. The molecule has 1 saturated carbocycles. The summed E-state index contributed by atoms with van der Waals surface area (Å²) >= 11 is 6.15. The van der Waals surface area contributed by atoms with Crippen LogP contribution in [0.15, 0.2) is 0 Å². The fourth-order valence-electron chi connectivity index (χ4n) is 2.46. The first-order valence-electron chi connectivity index (χ1n) is 7.22. The maximum absolute atomic E-state index is 12.4. The predicted molar refractivity (Wildman–Crippen MR) is 79.6 cm³/mol. The Morgan fingerprint density at radius 1 is 1.38 bits per heavy atom. The van der Waals surface area contributed by atoms with Gasteiger partial charge in [0.25, 0.3) is 0 Å². The predicted octanol–water partition coefficient (Wildman–Crippen LogP) is 1.23. The average Bonchev–Trinajstić information content (AvgIpc) is 3.26. The number of hydrogen-bond acceptors (Lipinski definition) is 5. The van der Waals surface area contributed by atoms with Crippen molar-refractivity contribution in [1.29, 1.82) is 0 Å². The van der Waals surface area contributed by atoms with Crippen LogP contribution >= 0.6 is 11.6 Å². The van der Waals surface area contributed by atoms with Crippen LogP contribution in [0.4, 0.5) is 5.82 Å². The minimum absolute atomic E-state index is 0.00369. The summed E-state index contributed by atoms with van der Waals surface area (Å²) in [4.78, 5) is 23.0. The largest absolute Gasteiger partial charge is 0.377 e. The Morgan fingerprint density at radius 3 is 2.86 bits per heavy atom. The third kappa shape index (κ3) is 3.11. The number of aromatic nitrogens is 2. The van der Waals surface area contributed by atoms with Crippen LogP contribution in [0.5, 0.6) is 0 Å². The SMILES string of the molecule is Cc1nc(Cl)c(C)c(N2CCOCC2C(=O)NC2CC2)n1. The molecule has 1 saturated heterocycles. The molecule has 1 N–H and O–H groups in total. The van der Waals surface area contributed by atoms with Crippen molar-refractivity contribution >= 4 is 23.3 Å². The van der Waals surface area contributed by atoms with Crippen LogP contribution in [0.1, 0.15) is 24.2 Å². The summed E-state index contributed by atoms with van der Waals surface area (Å²) in [6, 6.07) is -0.0264.